The first-order chi connectivity index (χ1) is 8.67. The zero-order valence-electron chi connectivity index (χ0n) is 9.84. The van der Waals surface area contributed by atoms with Gasteiger partial charge in [-0.1, -0.05) is 6.07 Å². The summed E-state index contributed by atoms with van der Waals surface area (Å²) in [6.45, 7) is 0. The average Bonchev–Trinajstić information content (AvgIpc) is 2.87. The number of benzene rings is 1. The van der Waals surface area contributed by atoms with Gasteiger partial charge in [-0.3, -0.25) is 0 Å². The molecule has 0 atom stereocenters. The third-order valence-corrected chi connectivity index (χ3v) is 2.36. The van der Waals surface area contributed by atoms with E-state index in [1.807, 2.05) is 0 Å². The summed E-state index contributed by atoms with van der Waals surface area (Å²) < 4.78 is 15.5. The van der Waals surface area contributed by atoms with Crippen molar-refractivity contribution in [3.8, 4) is 23.0 Å². The Morgan fingerprint density at radius 1 is 1.28 bits per heavy atom. The number of ether oxygens (including phenoxy) is 2. The van der Waals surface area contributed by atoms with Crippen molar-refractivity contribution in [3.63, 3.8) is 0 Å². The number of carboxylic acids is 1. The molecule has 2 aromatic rings. The maximum atomic E-state index is 10.8. The van der Waals surface area contributed by atoms with Gasteiger partial charge in [-0.25, -0.2) is 9.78 Å². The van der Waals surface area contributed by atoms with Crippen LogP contribution in [-0.4, -0.2) is 30.3 Å². The fourth-order valence-electron chi connectivity index (χ4n) is 1.55. The van der Waals surface area contributed by atoms with Crippen LogP contribution in [0.3, 0.4) is 0 Å². The van der Waals surface area contributed by atoms with Crippen molar-refractivity contribution in [2.24, 2.45) is 0 Å². The lowest BCUT2D eigenvalue weighted by molar-refractivity contribution is 0.0690. The lowest BCUT2D eigenvalue weighted by Crippen LogP contribution is -1.97. The Kier molecular flexibility index (Phi) is 3.18. The number of carboxylic acid groups (broad SMARTS) is 1. The van der Waals surface area contributed by atoms with Crippen molar-refractivity contribution in [1.82, 2.24) is 4.98 Å². The maximum Gasteiger partial charge on any atom is 0.357 e. The highest BCUT2D eigenvalue weighted by Crippen LogP contribution is 2.37. The molecule has 94 valence electrons. The second kappa shape index (κ2) is 4.79. The topological polar surface area (TPSA) is 81.8 Å². The molecule has 0 amide bonds. The van der Waals surface area contributed by atoms with Crippen molar-refractivity contribution in [1.29, 1.82) is 0 Å². The first-order valence-corrected chi connectivity index (χ1v) is 5.07. The van der Waals surface area contributed by atoms with Crippen LogP contribution in [0.2, 0.25) is 0 Å². The average molecular weight is 249 g/mol. The van der Waals surface area contributed by atoms with Crippen LogP contribution >= 0.6 is 0 Å². The Labute approximate surface area is 103 Å². The number of carbonyl (C=O) groups is 1. The van der Waals surface area contributed by atoms with Crippen molar-refractivity contribution in [3.05, 3.63) is 30.2 Å². The van der Waals surface area contributed by atoms with Gasteiger partial charge in [0.2, 0.25) is 5.89 Å². The summed E-state index contributed by atoms with van der Waals surface area (Å²) in [4.78, 5) is 14.6. The van der Waals surface area contributed by atoms with Crippen molar-refractivity contribution >= 4 is 5.97 Å². The molecule has 2 rings (SSSR count). The number of aromatic nitrogens is 1. The lowest BCUT2D eigenvalue weighted by Gasteiger charge is -2.09. The molecule has 0 saturated heterocycles. The Morgan fingerprint density at radius 2 is 1.89 bits per heavy atom. The molecule has 0 spiro atoms. The van der Waals surface area contributed by atoms with Crippen LogP contribution in [0.5, 0.6) is 11.5 Å². The summed E-state index contributed by atoms with van der Waals surface area (Å²) in [6, 6.07) is 5.17. The number of oxazole rings is 1. The molecular weight excluding hydrogens is 238 g/mol. The molecule has 1 aromatic heterocycles. The largest absolute Gasteiger partial charge is 0.496 e. The first-order valence-electron chi connectivity index (χ1n) is 5.07. The summed E-state index contributed by atoms with van der Waals surface area (Å²) in [5.41, 5.74) is 0.313. The molecule has 1 heterocycles. The summed E-state index contributed by atoms with van der Waals surface area (Å²) in [5, 5.41) is 8.81. The van der Waals surface area contributed by atoms with Crippen LogP contribution in [0.4, 0.5) is 0 Å². The Morgan fingerprint density at radius 3 is 2.33 bits per heavy atom. The van der Waals surface area contributed by atoms with E-state index in [9.17, 15) is 4.79 Å². The molecule has 1 aromatic carbocycles. The van der Waals surface area contributed by atoms with E-state index < -0.39 is 5.97 Å². The van der Waals surface area contributed by atoms with Crippen LogP contribution in [-0.2, 0) is 0 Å². The smallest absolute Gasteiger partial charge is 0.357 e. The SMILES string of the molecule is COc1cccc(OC)c1-c1nc(C(=O)O)co1. The molecule has 6 nitrogen and oxygen atoms in total. The van der Waals surface area contributed by atoms with Crippen LogP contribution in [0.1, 0.15) is 10.5 Å². The quantitative estimate of drug-likeness (QED) is 0.893. The second-order valence-corrected chi connectivity index (χ2v) is 3.38. The van der Waals surface area contributed by atoms with Gasteiger partial charge in [0.15, 0.2) is 5.69 Å². The number of rotatable bonds is 4. The summed E-state index contributed by atoms with van der Waals surface area (Å²) in [7, 11) is 3.00. The fraction of sp³-hybridized carbons (Fsp3) is 0.167. The molecule has 0 aliphatic heterocycles. The molecule has 0 aliphatic carbocycles. The van der Waals surface area contributed by atoms with Gasteiger partial charge in [0.1, 0.15) is 23.3 Å². The molecule has 1 N–H and O–H groups in total. The molecule has 0 radical (unpaired) electrons. The van der Waals surface area contributed by atoms with Crippen LogP contribution in [0, 0.1) is 0 Å². The van der Waals surface area contributed by atoms with Gasteiger partial charge in [-0.05, 0) is 12.1 Å². The van der Waals surface area contributed by atoms with Crippen LogP contribution in [0.25, 0.3) is 11.5 Å². The summed E-state index contributed by atoms with van der Waals surface area (Å²) >= 11 is 0. The third-order valence-electron chi connectivity index (χ3n) is 2.36. The van der Waals surface area contributed by atoms with Gasteiger partial charge in [0, 0.05) is 0 Å². The minimum absolute atomic E-state index is 0.140. The maximum absolute atomic E-state index is 10.8. The van der Waals surface area contributed by atoms with Gasteiger partial charge in [-0.2, -0.15) is 0 Å². The Hall–Kier alpha value is -2.50. The van der Waals surface area contributed by atoms with Crippen molar-refractivity contribution in [2.45, 2.75) is 0 Å². The number of hydrogen-bond donors (Lipinski definition) is 1. The Bertz CT molecular complexity index is 553. The lowest BCUT2D eigenvalue weighted by atomic mass is 10.1. The number of aromatic carboxylic acids is 1. The third kappa shape index (κ3) is 2.00. The van der Waals surface area contributed by atoms with Gasteiger partial charge in [-0.15, -0.1) is 0 Å². The van der Waals surface area contributed by atoms with Crippen LogP contribution in [0.15, 0.2) is 28.9 Å². The second-order valence-electron chi connectivity index (χ2n) is 3.38. The monoisotopic (exact) mass is 249 g/mol. The minimum atomic E-state index is -1.15. The Balaban J connectivity index is 2.57. The molecule has 0 bridgehead atoms. The molecule has 0 fully saturated rings. The van der Waals surface area contributed by atoms with Gasteiger partial charge in [0.05, 0.1) is 14.2 Å². The van der Waals surface area contributed by atoms with E-state index in [0.717, 1.165) is 6.26 Å². The minimum Gasteiger partial charge on any atom is -0.496 e. The van der Waals surface area contributed by atoms with Gasteiger partial charge in [0.25, 0.3) is 0 Å². The summed E-state index contributed by atoms with van der Waals surface area (Å²) in [5.74, 6) is -0.0261. The molecule has 18 heavy (non-hydrogen) atoms. The molecule has 0 saturated carbocycles. The predicted molar refractivity (Wildman–Crippen MR) is 62.0 cm³/mol. The first kappa shape index (κ1) is 12.0. The summed E-state index contributed by atoms with van der Waals surface area (Å²) in [6.07, 6.45) is 1.07. The normalized spacial score (nSPS) is 10.1. The highest BCUT2D eigenvalue weighted by molar-refractivity contribution is 5.86. The number of nitrogens with zero attached hydrogens (tertiary/aromatic N) is 1. The number of hydrogen-bond acceptors (Lipinski definition) is 5. The zero-order valence-corrected chi connectivity index (χ0v) is 9.84. The number of methoxy groups -OCH3 is 2. The fourth-order valence-corrected chi connectivity index (χ4v) is 1.55. The zero-order chi connectivity index (χ0) is 13.1. The van der Waals surface area contributed by atoms with E-state index >= 15 is 0 Å². The molecule has 6 heteroatoms. The van der Waals surface area contributed by atoms with E-state index in [1.165, 1.54) is 14.2 Å². The predicted octanol–water partition coefficient (Wildman–Crippen LogP) is 2.06. The van der Waals surface area contributed by atoms with Gasteiger partial charge < -0.3 is 19.0 Å². The van der Waals surface area contributed by atoms with E-state index in [1.54, 1.807) is 18.2 Å². The van der Waals surface area contributed by atoms with E-state index in [4.69, 9.17) is 19.0 Å². The van der Waals surface area contributed by atoms with E-state index in [2.05, 4.69) is 4.98 Å². The van der Waals surface area contributed by atoms with Gasteiger partial charge >= 0.3 is 5.97 Å². The van der Waals surface area contributed by atoms with Crippen LogP contribution < -0.4 is 9.47 Å². The van der Waals surface area contributed by atoms with E-state index in [-0.39, 0.29) is 11.6 Å². The molecule has 0 unspecified atom stereocenters. The van der Waals surface area contributed by atoms with Crippen molar-refractivity contribution < 1.29 is 23.8 Å². The van der Waals surface area contributed by atoms with E-state index in [0.29, 0.717) is 17.1 Å². The highest BCUT2D eigenvalue weighted by atomic mass is 16.5. The highest BCUT2D eigenvalue weighted by Gasteiger charge is 2.19. The molecule has 0 aliphatic rings. The molecular formula is C12H11NO5. The standard InChI is InChI=1S/C12H11NO5/c1-16-8-4-3-5-9(17-2)10(8)11-13-7(6-18-11)12(14)15/h3-6H,1-2H3,(H,14,15). The van der Waals surface area contributed by atoms with Crippen molar-refractivity contribution in [2.75, 3.05) is 14.2 Å².